The Morgan fingerprint density at radius 2 is 1.49 bits per heavy atom. The Hall–Kier alpha value is -1.27. The second kappa shape index (κ2) is 13.3. The highest BCUT2D eigenvalue weighted by Gasteiger charge is 2.68. The molecule has 0 aromatic carbocycles. The van der Waals surface area contributed by atoms with Crippen molar-refractivity contribution in [1.29, 1.82) is 0 Å². The van der Waals surface area contributed by atoms with Gasteiger partial charge in [-0.1, -0.05) is 13.8 Å². The molecule has 0 amide bonds. The van der Waals surface area contributed by atoms with Crippen molar-refractivity contribution in [1.82, 2.24) is 0 Å². The molecule has 2 saturated heterocycles. The molecular formula is C35H54O14. The van der Waals surface area contributed by atoms with Crippen LogP contribution < -0.4 is 0 Å². The van der Waals surface area contributed by atoms with Crippen molar-refractivity contribution in [3.63, 3.8) is 0 Å². The fourth-order valence-corrected chi connectivity index (χ4v) is 11.2. The Morgan fingerprint density at radius 1 is 0.796 bits per heavy atom. The molecule has 4 saturated carbocycles. The van der Waals surface area contributed by atoms with Crippen molar-refractivity contribution in [2.24, 2.45) is 34.5 Å². The summed E-state index contributed by atoms with van der Waals surface area (Å²) in [6.07, 6.45) is -5.68. The molecule has 49 heavy (non-hydrogen) atoms. The number of cyclic esters (lactones) is 1. The number of aliphatic hydroxyl groups is 8. The van der Waals surface area contributed by atoms with Crippen molar-refractivity contribution in [3.05, 3.63) is 11.6 Å². The Bertz CT molecular complexity index is 1260. The minimum Gasteiger partial charge on any atom is -0.458 e. The number of hydrogen-bond donors (Lipinski definition) is 8. The number of ether oxygens (including phenoxy) is 5. The fraction of sp³-hybridized carbons (Fsp3) is 0.914. The number of carbonyl (C=O) groups is 1. The van der Waals surface area contributed by atoms with Gasteiger partial charge in [0.1, 0.15) is 55.4 Å². The molecule has 6 fully saturated rings. The molecule has 7 rings (SSSR count). The number of rotatable bonds is 7. The van der Waals surface area contributed by atoms with Crippen LogP contribution in [-0.2, 0) is 28.5 Å². The number of aliphatic hydroxyl groups excluding tert-OH is 7. The van der Waals surface area contributed by atoms with Gasteiger partial charge >= 0.3 is 5.97 Å². The van der Waals surface area contributed by atoms with E-state index in [-0.39, 0.29) is 34.7 Å². The fourth-order valence-electron chi connectivity index (χ4n) is 11.2. The van der Waals surface area contributed by atoms with Crippen LogP contribution in [0.1, 0.15) is 71.6 Å². The molecule has 3 aliphatic heterocycles. The van der Waals surface area contributed by atoms with Crippen LogP contribution in [0.3, 0.4) is 0 Å². The van der Waals surface area contributed by atoms with E-state index in [4.69, 9.17) is 23.7 Å². The summed E-state index contributed by atoms with van der Waals surface area (Å²) in [5, 5.41) is 84.5. The van der Waals surface area contributed by atoms with Crippen LogP contribution in [0.25, 0.3) is 0 Å². The summed E-state index contributed by atoms with van der Waals surface area (Å²) in [5.41, 5.74) is -0.0991. The summed E-state index contributed by atoms with van der Waals surface area (Å²) >= 11 is 0. The zero-order valence-electron chi connectivity index (χ0n) is 28.3. The first-order valence-corrected chi connectivity index (χ1v) is 18.1. The van der Waals surface area contributed by atoms with Gasteiger partial charge in [-0.2, -0.15) is 0 Å². The first-order chi connectivity index (χ1) is 23.2. The Kier molecular flexibility index (Phi) is 9.80. The van der Waals surface area contributed by atoms with E-state index in [1.54, 1.807) is 6.08 Å². The van der Waals surface area contributed by atoms with Gasteiger partial charge < -0.3 is 64.5 Å². The van der Waals surface area contributed by atoms with Crippen LogP contribution in [0.15, 0.2) is 11.6 Å². The highest BCUT2D eigenvalue weighted by Crippen LogP contribution is 2.70. The first-order valence-electron chi connectivity index (χ1n) is 18.1. The van der Waals surface area contributed by atoms with Gasteiger partial charge in [0.05, 0.1) is 24.9 Å². The summed E-state index contributed by atoms with van der Waals surface area (Å²) in [6.45, 7) is 3.85. The van der Waals surface area contributed by atoms with E-state index in [0.717, 1.165) is 56.9 Å². The molecule has 0 aromatic rings. The highest BCUT2D eigenvalue weighted by molar-refractivity contribution is 5.85. The van der Waals surface area contributed by atoms with E-state index in [9.17, 15) is 45.6 Å². The lowest BCUT2D eigenvalue weighted by molar-refractivity contribution is -0.338. The molecule has 0 spiro atoms. The van der Waals surface area contributed by atoms with Gasteiger partial charge in [-0.15, -0.1) is 0 Å². The summed E-state index contributed by atoms with van der Waals surface area (Å²) in [5.74, 6) is 0.683. The van der Waals surface area contributed by atoms with Gasteiger partial charge in [0.25, 0.3) is 0 Å². The van der Waals surface area contributed by atoms with Crippen LogP contribution in [0.2, 0.25) is 0 Å². The van der Waals surface area contributed by atoms with E-state index >= 15 is 0 Å². The van der Waals surface area contributed by atoms with Gasteiger partial charge in [-0.25, -0.2) is 4.79 Å². The number of fused-ring (bicyclic) bond motifs is 5. The summed E-state index contributed by atoms with van der Waals surface area (Å²) in [4.78, 5) is 11.9. The van der Waals surface area contributed by atoms with Crippen LogP contribution in [0.4, 0.5) is 0 Å². The average Bonchev–Trinajstić information content (AvgIpc) is 3.63. The first kappa shape index (κ1) is 36.1. The maximum absolute atomic E-state index is 12.5. The second-order valence-corrected chi connectivity index (χ2v) is 16.4. The zero-order chi connectivity index (χ0) is 35.0. The van der Waals surface area contributed by atoms with Crippen molar-refractivity contribution >= 4 is 5.97 Å². The number of carbonyl (C=O) groups excluding carboxylic acids is 1. The Labute approximate surface area is 285 Å². The van der Waals surface area contributed by atoms with Crippen molar-refractivity contribution in [3.8, 4) is 0 Å². The molecule has 14 heteroatoms. The Morgan fingerprint density at radius 3 is 2.18 bits per heavy atom. The highest BCUT2D eigenvalue weighted by atomic mass is 16.7. The maximum atomic E-state index is 12.5. The van der Waals surface area contributed by atoms with Crippen LogP contribution in [-0.4, -0.2) is 140 Å². The molecule has 2 unspecified atom stereocenters. The quantitative estimate of drug-likeness (QED) is 0.121. The molecule has 14 nitrogen and oxygen atoms in total. The van der Waals surface area contributed by atoms with Crippen molar-refractivity contribution in [2.75, 3.05) is 19.8 Å². The summed E-state index contributed by atoms with van der Waals surface area (Å²) in [7, 11) is 0. The summed E-state index contributed by atoms with van der Waals surface area (Å²) < 4.78 is 28.4. The topological polar surface area (TPSA) is 225 Å². The molecular weight excluding hydrogens is 644 g/mol. The van der Waals surface area contributed by atoms with Gasteiger partial charge in [0.2, 0.25) is 0 Å². The third-order valence-electron chi connectivity index (χ3n) is 14.2. The third-order valence-corrected chi connectivity index (χ3v) is 14.2. The molecule has 7 aliphatic rings. The van der Waals surface area contributed by atoms with Gasteiger partial charge in [-0.3, -0.25) is 0 Å². The molecule has 0 aromatic heterocycles. The van der Waals surface area contributed by atoms with Crippen LogP contribution in [0.5, 0.6) is 0 Å². The second-order valence-electron chi connectivity index (χ2n) is 16.4. The SMILES string of the molecule is C[C@]12CC[C@H](OC3O[C@H](COC4O[C@H](CO)[C@@H](O)[C@H](O)[C@H]4O)[C@@H](O)[C@H](O)[C@H]3O)C[C@H]1CC[C@@H]1[C@@H]2CC[C@]2(C)[C@@H](C3=CC(=O)OC3)CC[C@]12O. The molecule has 0 bridgehead atoms. The lowest BCUT2D eigenvalue weighted by atomic mass is 9.43. The van der Waals surface area contributed by atoms with E-state index in [2.05, 4.69) is 13.8 Å². The molecule has 4 aliphatic carbocycles. The smallest absolute Gasteiger partial charge is 0.331 e. The Balaban J connectivity index is 0.982. The lowest BCUT2D eigenvalue weighted by Gasteiger charge is -2.64. The monoisotopic (exact) mass is 698 g/mol. The van der Waals surface area contributed by atoms with Crippen molar-refractivity contribution in [2.45, 2.75) is 145 Å². The van der Waals surface area contributed by atoms with E-state index < -0.39 is 80.2 Å². The van der Waals surface area contributed by atoms with Crippen molar-refractivity contribution < 1.29 is 69.3 Å². The predicted octanol–water partition coefficient (Wildman–Crippen LogP) is -0.747. The molecule has 18 atom stereocenters. The minimum atomic E-state index is -1.65. The largest absolute Gasteiger partial charge is 0.458 e. The minimum absolute atomic E-state index is 0.00679. The van der Waals surface area contributed by atoms with Gasteiger partial charge in [-0.05, 0) is 92.4 Å². The molecule has 0 radical (unpaired) electrons. The number of esters is 1. The zero-order valence-corrected chi connectivity index (χ0v) is 28.3. The van der Waals surface area contributed by atoms with E-state index in [1.807, 2.05) is 0 Å². The number of hydrogen-bond acceptors (Lipinski definition) is 14. The van der Waals surface area contributed by atoms with E-state index in [1.165, 1.54) is 0 Å². The maximum Gasteiger partial charge on any atom is 0.331 e. The summed E-state index contributed by atoms with van der Waals surface area (Å²) in [6, 6.07) is 0. The lowest BCUT2D eigenvalue weighted by Crippen LogP contribution is -2.63. The average molecular weight is 699 g/mol. The molecule has 3 heterocycles. The predicted molar refractivity (Wildman–Crippen MR) is 167 cm³/mol. The molecule has 8 N–H and O–H groups in total. The van der Waals surface area contributed by atoms with Gasteiger partial charge in [0.15, 0.2) is 12.6 Å². The van der Waals surface area contributed by atoms with Crippen LogP contribution in [0, 0.1) is 34.5 Å². The van der Waals surface area contributed by atoms with E-state index in [0.29, 0.717) is 24.9 Å². The normalized spacial score (nSPS) is 54.4. The van der Waals surface area contributed by atoms with Gasteiger partial charge in [0, 0.05) is 11.5 Å². The van der Waals surface area contributed by atoms with Crippen LogP contribution >= 0.6 is 0 Å². The standard InChI is InChI=1S/C35H54O14/c1-33-8-5-18(47-32-30(43)28(41)26(39)23(49-32)15-46-31-29(42)27(40)25(38)22(13-36)48-31)12-17(33)3-4-21-20(33)6-9-34(2)19(7-10-35(21,34)44)16-11-24(37)45-14-16/h11,17-23,25-32,36,38-44H,3-10,12-15H2,1-2H3/t17-,18+,19-,20+,21-,22-,23-,25-,26-,27+,28+,29-,30-,31?,32?,33+,34-,35+/m1/s1. The third kappa shape index (κ3) is 5.82. The molecule has 278 valence electrons.